The fourth-order valence-electron chi connectivity index (χ4n) is 4.67. The Morgan fingerprint density at radius 1 is 1.04 bits per heavy atom. The molecule has 4 rings (SSSR count). The van der Waals surface area contributed by atoms with Crippen LogP contribution in [-0.2, 0) is 11.3 Å². The van der Waals surface area contributed by atoms with Gasteiger partial charge in [0.15, 0.2) is 0 Å². The average Bonchev–Trinajstić information content (AvgIpc) is 2.70. The van der Waals surface area contributed by atoms with Crippen LogP contribution in [0.5, 0.6) is 5.75 Å². The molecule has 1 heterocycles. The van der Waals surface area contributed by atoms with Gasteiger partial charge in [-0.2, -0.15) is 0 Å². The molecule has 2 aromatic rings. The molecule has 1 saturated carbocycles. The van der Waals surface area contributed by atoms with Gasteiger partial charge in [0.05, 0.1) is 5.92 Å². The van der Waals surface area contributed by atoms with E-state index in [2.05, 4.69) is 48.2 Å². The van der Waals surface area contributed by atoms with Gasteiger partial charge >= 0.3 is 5.97 Å². The second-order valence-corrected chi connectivity index (χ2v) is 8.65. The molecule has 1 aliphatic carbocycles. The zero-order valence-corrected chi connectivity index (χ0v) is 16.8. The summed E-state index contributed by atoms with van der Waals surface area (Å²) >= 11 is 0. The van der Waals surface area contributed by atoms with Crippen LogP contribution in [0.2, 0.25) is 0 Å². The topological polar surface area (TPSA) is 49.8 Å². The highest BCUT2D eigenvalue weighted by atomic mass is 16.5. The van der Waals surface area contributed by atoms with Crippen LogP contribution >= 0.6 is 0 Å². The molecule has 2 fully saturated rings. The van der Waals surface area contributed by atoms with Crippen LogP contribution in [0.1, 0.15) is 51.0 Å². The highest BCUT2D eigenvalue weighted by Gasteiger charge is 2.24. The lowest BCUT2D eigenvalue weighted by molar-refractivity contribution is -0.143. The summed E-state index contributed by atoms with van der Waals surface area (Å²) in [5.74, 6) is 0.802. The standard InChI is InChI=1S/C24H31NO3/c1-17-4-2-3-5-23(17)28-22-9-8-20-14-18(6-7-21(20)15-22)16-25-12-10-19(11-13-25)24(26)27/h6-9,14-15,17,19,23H,2-5,10-13,16H2,1H3,(H,26,27). The number of benzene rings is 2. The van der Waals surface area contributed by atoms with Crippen LogP contribution in [0.4, 0.5) is 0 Å². The summed E-state index contributed by atoms with van der Waals surface area (Å²) in [6, 6.07) is 13.1. The second kappa shape index (κ2) is 8.52. The van der Waals surface area contributed by atoms with E-state index in [4.69, 9.17) is 9.84 Å². The molecule has 2 atom stereocenters. The molecule has 0 spiro atoms. The number of ether oxygens (including phenoxy) is 1. The Bertz CT molecular complexity index is 826. The highest BCUT2D eigenvalue weighted by molar-refractivity contribution is 5.84. The fourth-order valence-corrected chi connectivity index (χ4v) is 4.67. The van der Waals surface area contributed by atoms with Crippen molar-refractivity contribution in [2.75, 3.05) is 13.1 Å². The van der Waals surface area contributed by atoms with Gasteiger partial charge in [0.2, 0.25) is 0 Å². The SMILES string of the molecule is CC1CCCCC1Oc1ccc2cc(CN3CCC(C(=O)O)CC3)ccc2c1. The number of carboxylic acid groups (broad SMARTS) is 1. The summed E-state index contributed by atoms with van der Waals surface area (Å²) < 4.78 is 6.30. The summed E-state index contributed by atoms with van der Waals surface area (Å²) in [6.45, 7) is 4.92. The predicted octanol–water partition coefficient (Wildman–Crippen LogP) is 5.09. The molecule has 1 saturated heterocycles. The van der Waals surface area contributed by atoms with Gasteiger partial charge in [-0.1, -0.05) is 31.5 Å². The molecule has 2 aliphatic rings. The molecule has 28 heavy (non-hydrogen) atoms. The van der Waals surface area contributed by atoms with Gasteiger partial charge in [-0.3, -0.25) is 9.69 Å². The number of nitrogens with zero attached hydrogens (tertiary/aromatic N) is 1. The molecule has 0 aromatic heterocycles. The van der Waals surface area contributed by atoms with Gasteiger partial charge in [-0.15, -0.1) is 0 Å². The Balaban J connectivity index is 1.40. The smallest absolute Gasteiger partial charge is 0.306 e. The zero-order valence-electron chi connectivity index (χ0n) is 16.8. The number of carbonyl (C=O) groups is 1. The van der Waals surface area contributed by atoms with Crippen LogP contribution in [0.15, 0.2) is 36.4 Å². The minimum atomic E-state index is -0.647. The van der Waals surface area contributed by atoms with Crippen molar-refractivity contribution in [2.45, 2.75) is 58.1 Å². The molecule has 0 bridgehead atoms. The van der Waals surface area contributed by atoms with Gasteiger partial charge in [0, 0.05) is 6.54 Å². The summed E-state index contributed by atoms with van der Waals surface area (Å²) in [5.41, 5.74) is 1.29. The lowest BCUT2D eigenvalue weighted by Crippen LogP contribution is -2.35. The molecule has 4 nitrogen and oxygen atoms in total. The summed E-state index contributed by atoms with van der Waals surface area (Å²) in [6.07, 6.45) is 6.89. The number of fused-ring (bicyclic) bond motifs is 1. The third-order valence-corrected chi connectivity index (χ3v) is 6.54. The summed E-state index contributed by atoms with van der Waals surface area (Å²) in [4.78, 5) is 13.5. The molecule has 2 unspecified atom stereocenters. The van der Waals surface area contributed by atoms with Crippen molar-refractivity contribution in [2.24, 2.45) is 11.8 Å². The fraction of sp³-hybridized carbons (Fsp3) is 0.542. The first kappa shape index (κ1) is 19.3. The van der Waals surface area contributed by atoms with Crippen molar-refractivity contribution in [1.82, 2.24) is 4.90 Å². The zero-order chi connectivity index (χ0) is 19.5. The van der Waals surface area contributed by atoms with Crippen molar-refractivity contribution in [3.05, 3.63) is 42.0 Å². The van der Waals surface area contributed by atoms with E-state index in [-0.39, 0.29) is 5.92 Å². The highest BCUT2D eigenvalue weighted by Crippen LogP contribution is 2.30. The Morgan fingerprint density at radius 2 is 1.75 bits per heavy atom. The molecular formula is C24H31NO3. The van der Waals surface area contributed by atoms with E-state index < -0.39 is 5.97 Å². The Labute approximate surface area is 167 Å². The van der Waals surface area contributed by atoms with Crippen molar-refractivity contribution in [1.29, 1.82) is 0 Å². The first-order chi connectivity index (χ1) is 13.6. The molecule has 2 aromatic carbocycles. The van der Waals surface area contributed by atoms with Gasteiger partial charge in [0.25, 0.3) is 0 Å². The first-order valence-electron chi connectivity index (χ1n) is 10.7. The lowest BCUT2D eigenvalue weighted by Gasteiger charge is -2.30. The minimum absolute atomic E-state index is 0.168. The van der Waals surface area contributed by atoms with E-state index in [1.54, 1.807) is 0 Å². The molecule has 150 valence electrons. The Hall–Kier alpha value is -2.07. The number of piperidine rings is 1. The third-order valence-electron chi connectivity index (χ3n) is 6.54. The maximum atomic E-state index is 11.1. The first-order valence-corrected chi connectivity index (χ1v) is 10.7. The monoisotopic (exact) mass is 381 g/mol. The average molecular weight is 382 g/mol. The molecule has 4 heteroatoms. The maximum absolute atomic E-state index is 11.1. The van der Waals surface area contributed by atoms with E-state index in [9.17, 15) is 4.79 Å². The van der Waals surface area contributed by atoms with Crippen molar-refractivity contribution in [3.63, 3.8) is 0 Å². The van der Waals surface area contributed by atoms with Crippen LogP contribution in [-0.4, -0.2) is 35.2 Å². The van der Waals surface area contributed by atoms with Crippen molar-refractivity contribution >= 4 is 16.7 Å². The van der Waals surface area contributed by atoms with E-state index in [0.717, 1.165) is 44.6 Å². The van der Waals surface area contributed by atoms with Crippen LogP contribution in [0.25, 0.3) is 10.8 Å². The van der Waals surface area contributed by atoms with E-state index in [0.29, 0.717) is 12.0 Å². The Kier molecular flexibility index (Phi) is 5.86. The van der Waals surface area contributed by atoms with E-state index in [1.165, 1.54) is 35.6 Å². The van der Waals surface area contributed by atoms with E-state index >= 15 is 0 Å². The largest absolute Gasteiger partial charge is 0.490 e. The number of rotatable bonds is 5. The minimum Gasteiger partial charge on any atom is -0.490 e. The van der Waals surface area contributed by atoms with Gasteiger partial charge in [-0.05, 0) is 85.6 Å². The number of hydrogen-bond acceptors (Lipinski definition) is 3. The van der Waals surface area contributed by atoms with Gasteiger partial charge in [-0.25, -0.2) is 0 Å². The van der Waals surface area contributed by atoms with Crippen LogP contribution in [0, 0.1) is 11.8 Å². The van der Waals surface area contributed by atoms with Gasteiger partial charge < -0.3 is 9.84 Å². The van der Waals surface area contributed by atoms with Crippen LogP contribution in [0.3, 0.4) is 0 Å². The third kappa shape index (κ3) is 4.49. The molecule has 1 N–H and O–H groups in total. The lowest BCUT2D eigenvalue weighted by atomic mass is 9.88. The second-order valence-electron chi connectivity index (χ2n) is 8.65. The number of aliphatic carboxylic acids is 1. The van der Waals surface area contributed by atoms with E-state index in [1.807, 2.05) is 0 Å². The van der Waals surface area contributed by atoms with Crippen LogP contribution < -0.4 is 4.74 Å². The van der Waals surface area contributed by atoms with Crippen molar-refractivity contribution < 1.29 is 14.6 Å². The number of carboxylic acids is 1. The molecule has 0 radical (unpaired) electrons. The molecular weight excluding hydrogens is 350 g/mol. The summed E-state index contributed by atoms with van der Waals surface area (Å²) in [5, 5.41) is 11.6. The van der Waals surface area contributed by atoms with Gasteiger partial charge in [0.1, 0.15) is 11.9 Å². The molecule has 0 amide bonds. The van der Waals surface area contributed by atoms with Crippen molar-refractivity contribution in [3.8, 4) is 5.75 Å². The quantitative estimate of drug-likeness (QED) is 0.783. The number of likely N-dealkylation sites (tertiary alicyclic amines) is 1. The summed E-state index contributed by atoms with van der Waals surface area (Å²) in [7, 11) is 0. The Morgan fingerprint density at radius 3 is 2.50 bits per heavy atom. The maximum Gasteiger partial charge on any atom is 0.306 e. The normalized spacial score (nSPS) is 24.3. The number of hydrogen-bond donors (Lipinski definition) is 1. The molecule has 1 aliphatic heterocycles. The predicted molar refractivity (Wildman–Crippen MR) is 112 cm³/mol.